The monoisotopic (exact) mass is 405 g/mol. The molecule has 3 aromatic rings. The molecule has 0 aliphatic heterocycles. The first kappa shape index (κ1) is 20.5. The number of nitriles is 1. The standard InChI is InChI=1S/C22H19N3O5/c1-28-19-9-5-6-14(21(19)29-2)10-11-20(27)30-13-18(26)15(12-23)22-24-16-7-3-4-8-17(16)25-22/h3-11,26H,13H2,1-2H3,(H,24,25)/b11-10?,18-15-. The van der Waals surface area contributed by atoms with Gasteiger partial charge in [0.1, 0.15) is 18.2 Å². The zero-order chi connectivity index (χ0) is 21.5. The van der Waals surface area contributed by atoms with Crippen molar-refractivity contribution in [2.75, 3.05) is 20.8 Å². The Balaban J connectivity index is 1.71. The molecule has 30 heavy (non-hydrogen) atoms. The van der Waals surface area contributed by atoms with Gasteiger partial charge >= 0.3 is 5.97 Å². The Hall–Kier alpha value is -4.25. The van der Waals surface area contributed by atoms with Crippen LogP contribution in [0.25, 0.3) is 22.7 Å². The minimum Gasteiger partial charge on any atom is -0.507 e. The molecule has 0 fully saturated rings. The van der Waals surface area contributed by atoms with Crippen LogP contribution < -0.4 is 9.47 Å². The quantitative estimate of drug-likeness (QED) is 0.267. The van der Waals surface area contributed by atoms with E-state index < -0.39 is 18.3 Å². The smallest absolute Gasteiger partial charge is 0.331 e. The van der Waals surface area contributed by atoms with E-state index in [0.29, 0.717) is 22.6 Å². The van der Waals surface area contributed by atoms with Gasteiger partial charge in [-0.1, -0.05) is 24.3 Å². The Morgan fingerprint density at radius 2 is 2.00 bits per heavy atom. The number of esters is 1. The van der Waals surface area contributed by atoms with Crippen molar-refractivity contribution in [2.24, 2.45) is 0 Å². The number of ether oxygens (including phenoxy) is 3. The van der Waals surface area contributed by atoms with Crippen LogP contribution >= 0.6 is 0 Å². The zero-order valence-electron chi connectivity index (χ0n) is 16.4. The summed E-state index contributed by atoms with van der Waals surface area (Å²) in [6.07, 6.45) is 2.70. The van der Waals surface area contributed by atoms with Gasteiger partial charge in [-0.25, -0.2) is 9.78 Å². The Morgan fingerprint density at radius 1 is 1.20 bits per heavy atom. The number of carbonyl (C=O) groups excluding carboxylic acids is 1. The molecule has 0 radical (unpaired) electrons. The summed E-state index contributed by atoms with van der Waals surface area (Å²) in [5.74, 6) is 0.0935. The van der Waals surface area contributed by atoms with E-state index in [2.05, 4.69) is 9.97 Å². The minimum atomic E-state index is -0.701. The molecule has 0 saturated heterocycles. The molecule has 0 bridgehead atoms. The molecule has 0 amide bonds. The van der Waals surface area contributed by atoms with Crippen molar-refractivity contribution in [3.05, 3.63) is 65.7 Å². The summed E-state index contributed by atoms with van der Waals surface area (Å²) < 4.78 is 15.5. The van der Waals surface area contributed by atoms with Crippen molar-refractivity contribution < 1.29 is 24.1 Å². The second kappa shape index (κ2) is 9.30. The lowest BCUT2D eigenvalue weighted by Crippen LogP contribution is -2.06. The SMILES string of the molecule is COc1cccc(C=CC(=O)OC/C(O)=C(\C#N)c2nc3ccccc3[nH]2)c1OC. The number of H-pyrrole nitrogens is 1. The molecule has 0 aliphatic rings. The van der Waals surface area contributed by atoms with Crippen LogP contribution in [0, 0.1) is 11.3 Å². The maximum absolute atomic E-state index is 12.0. The van der Waals surface area contributed by atoms with Crippen LogP contribution in [-0.4, -0.2) is 41.9 Å². The van der Waals surface area contributed by atoms with E-state index in [4.69, 9.17) is 14.2 Å². The van der Waals surface area contributed by atoms with E-state index in [-0.39, 0.29) is 11.4 Å². The molecular formula is C22H19N3O5. The van der Waals surface area contributed by atoms with Crippen molar-refractivity contribution >= 4 is 28.7 Å². The number of allylic oxidation sites excluding steroid dienone is 1. The van der Waals surface area contributed by atoms with Crippen LogP contribution in [0.3, 0.4) is 0 Å². The highest BCUT2D eigenvalue weighted by molar-refractivity contribution is 5.88. The third-order valence-corrected chi connectivity index (χ3v) is 4.21. The number of nitrogens with zero attached hydrogens (tertiary/aromatic N) is 2. The summed E-state index contributed by atoms with van der Waals surface area (Å²) in [4.78, 5) is 19.3. The van der Waals surface area contributed by atoms with E-state index in [1.165, 1.54) is 26.4 Å². The second-order valence-corrected chi connectivity index (χ2v) is 6.06. The Morgan fingerprint density at radius 3 is 2.70 bits per heavy atom. The number of aliphatic hydroxyl groups is 1. The van der Waals surface area contributed by atoms with E-state index in [1.54, 1.807) is 30.3 Å². The highest BCUT2D eigenvalue weighted by atomic mass is 16.5. The topological polar surface area (TPSA) is 117 Å². The molecule has 1 heterocycles. The summed E-state index contributed by atoms with van der Waals surface area (Å²) in [7, 11) is 3.02. The largest absolute Gasteiger partial charge is 0.507 e. The number of imidazole rings is 1. The number of benzene rings is 2. The average molecular weight is 405 g/mol. The maximum atomic E-state index is 12.0. The van der Waals surface area contributed by atoms with Gasteiger partial charge in [0.15, 0.2) is 23.1 Å². The number of fused-ring (bicyclic) bond motifs is 1. The number of methoxy groups -OCH3 is 2. The van der Waals surface area contributed by atoms with Gasteiger partial charge in [0.25, 0.3) is 0 Å². The predicted molar refractivity (Wildman–Crippen MR) is 111 cm³/mol. The molecule has 0 saturated carbocycles. The van der Waals surface area contributed by atoms with Gasteiger partial charge in [-0.3, -0.25) is 0 Å². The molecule has 152 valence electrons. The van der Waals surface area contributed by atoms with Gasteiger partial charge in [0.05, 0.1) is 25.3 Å². The average Bonchev–Trinajstić information content (AvgIpc) is 3.19. The number of rotatable bonds is 7. The van der Waals surface area contributed by atoms with Crippen molar-refractivity contribution in [3.8, 4) is 17.6 Å². The summed E-state index contributed by atoms with van der Waals surface area (Å²) in [5.41, 5.74) is 1.89. The first-order chi connectivity index (χ1) is 14.6. The van der Waals surface area contributed by atoms with Gasteiger partial charge in [-0.15, -0.1) is 0 Å². The molecule has 2 aromatic carbocycles. The van der Waals surface area contributed by atoms with Crippen LogP contribution in [-0.2, 0) is 9.53 Å². The molecular weight excluding hydrogens is 386 g/mol. The Kier molecular flexibility index (Phi) is 6.35. The van der Waals surface area contributed by atoms with Gasteiger partial charge in [0.2, 0.25) is 0 Å². The number of para-hydroxylation sites is 3. The second-order valence-electron chi connectivity index (χ2n) is 6.06. The summed E-state index contributed by atoms with van der Waals surface area (Å²) in [5, 5.41) is 19.6. The van der Waals surface area contributed by atoms with Crippen LogP contribution in [0.2, 0.25) is 0 Å². The van der Waals surface area contributed by atoms with Crippen molar-refractivity contribution in [1.82, 2.24) is 9.97 Å². The van der Waals surface area contributed by atoms with Crippen LogP contribution in [0.15, 0.2) is 54.3 Å². The summed E-state index contributed by atoms with van der Waals surface area (Å²) in [6, 6.07) is 14.3. The molecule has 8 nitrogen and oxygen atoms in total. The fraction of sp³-hybridized carbons (Fsp3) is 0.136. The highest BCUT2D eigenvalue weighted by Gasteiger charge is 2.14. The van der Waals surface area contributed by atoms with Gasteiger partial charge in [-0.05, 0) is 24.3 Å². The number of aromatic amines is 1. The van der Waals surface area contributed by atoms with Gasteiger partial charge < -0.3 is 24.3 Å². The highest BCUT2D eigenvalue weighted by Crippen LogP contribution is 2.31. The molecule has 0 atom stereocenters. The molecule has 0 aliphatic carbocycles. The van der Waals surface area contributed by atoms with E-state index >= 15 is 0 Å². The van der Waals surface area contributed by atoms with Crippen LogP contribution in [0.5, 0.6) is 11.5 Å². The number of aliphatic hydroxyl groups excluding tert-OH is 1. The Labute approximate surface area is 172 Å². The number of hydrogen-bond donors (Lipinski definition) is 2. The molecule has 2 N–H and O–H groups in total. The third kappa shape index (κ3) is 4.42. The predicted octanol–water partition coefficient (Wildman–Crippen LogP) is 3.63. The Bertz CT molecular complexity index is 1140. The van der Waals surface area contributed by atoms with E-state index in [1.807, 2.05) is 18.2 Å². The molecule has 1 aromatic heterocycles. The van der Waals surface area contributed by atoms with Crippen molar-refractivity contribution in [1.29, 1.82) is 5.26 Å². The summed E-state index contributed by atoms with van der Waals surface area (Å²) >= 11 is 0. The number of aromatic nitrogens is 2. The number of carbonyl (C=O) groups is 1. The van der Waals surface area contributed by atoms with Gasteiger partial charge in [0, 0.05) is 11.6 Å². The molecule has 3 rings (SSSR count). The van der Waals surface area contributed by atoms with Crippen LogP contribution in [0.1, 0.15) is 11.4 Å². The first-order valence-electron chi connectivity index (χ1n) is 8.90. The molecule has 0 unspecified atom stereocenters. The fourth-order valence-corrected chi connectivity index (χ4v) is 2.79. The van der Waals surface area contributed by atoms with E-state index in [9.17, 15) is 15.2 Å². The number of hydrogen-bond acceptors (Lipinski definition) is 7. The lowest BCUT2D eigenvalue weighted by Gasteiger charge is -2.09. The van der Waals surface area contributed by atoms with Crippen molar-refractivity contribution in [3.63, 3.8) is 0 Å². The zero-order valence-corrected chi connectivity index (χ0v) is 16.4. The van der Waals surface area contributed by atoms with Crippen LogP contribution in [0.4, 0.5) is 0 Å². The lowest BCUT2D eigenvalue weighted by atomic mass is 10.1. The van der Waals surface area contributed by atoms with E-state index in [0.717, 1.165) is 5.52 Å². The maximum Gasteiger partial charge on any atom is 0.331 e. The third-order valence-electron chi connectivity index (χ3n) is 4.21. The molecule has 8 heteroatoms. The van der Waals surface area contributed by atoms with Crippen molar-refractivity contribution in [2.45, 2.75) is 0 Å². The normalized spacial score (nSPS) is 11.8. The minimum absolute atomic E-state index is 0.0996. The lowest BCUT2D eigenvalue weighted by molar-refractivity contribution is -0.137. The number of nitrogens with one attached hydrogen (secondary N) is 1. The first-order valence-corrected chi connectivity index (χ1v) is 8.90. The van der Waals surface area contributed by atoms with Gasteiger partial charge in [-0.2, -0.15) is 5.26 Å². The fourth-order valence-electron chi connectivity index (χ4n) is 2.79. The summed E-state index contributed by atoms with van der Waals surface area (Å²) in [6.45, 7) is -0.474. The molecule has 0 spiro atoms.